The molecular formula is C22H22N2O5. The lowest BCUT2D eigenvalue weighted by molar-refractivity contribution is -0.132. The number of carbonyl (C=O) groups is 3. The van der Waals surface area contributed by atoms with E-state index in [1.807, 2.05) is 37.3 Å². The third kappa shape index (κ3) is 4.45. The van der Waals surface area contributed by atoms with Crippen LogP contribution in [0.5, 0.6) is 11.5 Å². The first-order valence-electron chi connectivity index (χ1n) is 9.24. The first-order valence-corrected chi connectivity index (χ1v) is 9.24. The summed E-state index contributed by atoms with van der Waals surface area (Å²) < 4.78 is 10.8. The Balaban J connectivity index is 2.12. The van der Waals surface area contributed by atoms with Crippen LogP contribution in [-0.4, -0.2) is 24.4 Å². The predicted octanol–water partition coefficient (Wildman–Crippen LogP) is 3.36. The van der Waals surface area contributed by atoms with Gasteiger partial charge in [-0.25, -0.2) is 4.79 Å². The van der Waals surface area contributed by atoms with Crippen molar-refractivity contribution < 1.29 is 23.9 Å². The number of benzene rings is 2. The molecule has 1 atom stereocenters. The van der Waals surface area contributed by atoms with Gasteiger partial charge in [-0.15, -0.1) is 0 Å². The number of ketones is 1. The number of ether oxygens (including phenoxy) is 2. The lowest BCUT2D eigenvalue weighted by Gasteiger charge is -2.30. The fourth-order valence-electron chi connectivity index (χ4n) is 3.24. The van der Waals surface area contributed by atoms with Crippen molar-refractivity contribution in [2.75, 3.05) is 6.61 Å². The zero-order valence-electron chi connectivity index (χ0n) is 16.4. The van der Waals surface area contributed by atoms with Gasteiger partial charge in [0.05, 0.1) is 18.3 Å². The fraction of sp³-hybridized carbons (Fsp3) is 0.227. The standard InChI is InChI=1S/C22H22N2O5/c1-4-28-18-12-16(10-11-17(18)29-14(3)26)21-19(13(2)25)20(23-22(27)24-21)15-8-6-5-7-9-15/h5-12,21H,4H2,1-3H3,(H2,23,24,27)/t21-/m1/s1. The molecular weight excluding hydrogens is 372 g/mol. The molecule has 29 heavy (non-hydrogen) atoms. The van der Waals surface area contributed by atoms with Crippen molar-refractivity contribution in [2.45, 2.75) is 26.8 Å². The summed E-state index contributed by atoms with van der Waals surface area (Å²) in [7, 11) is 0. The first kappa shape index (κ1) is 20.1. The van der Waals surface area contributed by atoms with Gasteiger partial charge < -0.3 is 20.1 Å². The van der Waals surface area contributed by atoms with E-state index >= 15 is 0 Å². The molecule has 2 aromatic rings. The Hall–Kier alpha value is -3.61. The maximum Gasteiger partial charge on any atom is 0.320 e. The van der Waals surface area contributed by atoms with Gasteiger partial charge in [-0.3, -0.25) is 9.59 Å². The quantitative estimate of drug-likeness (QED) is 0.579. The smallest absolute Gasteiger partial charge is 0.320 e. The van der Waals surface area contributed by atoms with Gasteiger partial charge in [-0.2, -0.15) is 0 Å². The fourth-order valence-corrected chi connectivity index (χ4v) is 3.24. The van der Waals surface area contributed by atoms with E-state index in [9.17, 15) is 14.4 Å². The highest BCUT2D eigenvalue weighted by Crippen LogP contribution is 2.36. The molecule has 0 saturated heterocycles. The molecule has 1 aliphatic heterocycles. The average molecular weight is 394 g/mol. The topological polar surface area (TPSA) is 93.7 Å². The van der Waals surface area contributed by atoms with E-state index in [-0.39, 0.29) is 11.5 Å². The Morgan fingerprint density at radius 3 is 2.38 bits per heavy atom. The Morgan fingerprint density at radius 2 is 1.76 bits per heavy atom. The highest BCUT2D eigenvalue weighted by Gasteiger charge is 2.32. The summed E-state index contributed by atoms with van der Waals surface area (Å²) in [6.07, 6.45) is 0. The molecule has 0 spiro atoms. The van der Waals surface area contributed by atoms with Crippen molar-refractivity contribution >= 4 is 23.5 Å². The van der Waals surface area contributed by atoms with Gasteiger partial charge in [0.1, 0.15) is 0 Å². The largest absolute Gasteiger partial charge is 0.490 e. The maximum absolute atomic E-state index is 12.5. The molecule has 0 unspecified atom stereocenters. The summed E-state index contributed by atoms with van der Waals surface area (Å²) in [5.41, 5.74) is 2.27. The summed E-state index contributed by atoms with van der Waals surface area (Å²) in [5, 5.41) is 5.55. The number of esters is 1. The molecule has 0 saturated carbocycles. The molecule has 7 heteroatoms. The van der Waals surface area contributed by atoms with Crippen LogP contribution in [0.4, 0.5) is 4.79 Å². The van der Waals surface area contributed by atoms with E-state index in [0.717, 1.165) is 5.56 Å². The van der Waals surface area contributed by atoms with Crippen LogP contribution < -0.4 is 20.1 Å². The maximum atomic E-state index is 12.5. The van der Waals surface area contributed by atoms with Gasteiger partial charge in [0, 0.05) is 12.5 Å². The Morgan fingerprint density at radius 1 is 1.03 bits per heavy atom. The molecule has 1 heterocycles. The third-order valence-electron chi connectivity index (χ3n) is 4.37. The molecule has 0 bridgehead atoms. The molecule has 2 aromatic carbocycles. The van der Waals surface area contributed by atoms with Gasteiger partial charge in [0.2, 0.25) is 0 Å². The van der Waals surface area contributed by atoms with E-state index in [0.29, 0.717) is 29.2 Å². The van der Waals surface area contributed by atoms with Crippen molar-refractivity contribution in [1.82, 2.24) is 10.6 Å². The first-order chi connectivity index (χ1) is 13.9. The summed E-state index contributed by atoms with van der Waals surface area (Å²) in [6.45, 7) is 4.94. The molecule has 1 aliphatic rings. The molecule has 0 aromatic heterocycles. The van der Waals surface area contributed by atoms with E-state index in [1.165, 1.54) is 13.8 Å². The zero-order chi connectivity index (χ0) is 21.0. The van der Waals surface area contributed by atoms with Crippen LogP contribution in [-0.2, 0) is 9.59 Å². The molecule has 2 amide bonds. The number of hydrogen-bond acceptors (Lipinski definition) is 5. The molecule has 3 rings (SSSR count). The van der Waals surface area contributed by atoms with E-state index in [4.69, 9.17) is 9.47 Å². The van der Waals surface area contributed by atoms with Crippen molar-refractivity contribution in [3.8, 4) is 11.5 Å². The number of Topliss-reactive ketones (excluding diaryl/α,β-unsaturated/α-hetero) is 1. The Labute approximate surface area is 168 Å². The number of carbonyl (C=O) groups excluding carboxylic acids is 3. The van der Waals surface area contributed by atoms with Gasteiger partial charge in [-0.05, 0) is 37.1 Å². The van der Waals surface area contributed by atoms with Gasteiger partial charge in [-0.1, -0.05) is 36.4 Å². The monoisotopic (exact) mass is 394 g/mol. The van der Waals surface area contributed by atoms with Crippen molar-refractivity contribution in [1.29, 1.82) is 0 Å². The summed E-state index contributed by atoms with van der Waals surface area (Å²) in [5.74, 6) is -0.00919. The summed E-state index contributed by atoms with van der Waals surface area (Å²) >= 11 is 0. The minimum absolute atomic E-state index is 0.177. The third-order valence-corrected chi connectivity index (χ3v) is 4.37. The zero-order valence-corrected chi connectivity index (χ0v) is 16.4. The molecule has 0 aliphatic carbocycles. The summed E-state index contributed by atoms with van der Waals surface area (Å²) in [4.78, 5) is 36.2. The minimum atomic E-state index is -0.679. The van der Waals surface area contributed by atoms with Gasteiger partial charge in [0.15, 0.2) is 17.3 Å². The van der Waals surface area contributed by atoms with Crippen molar-refractivity contribution in [2.24, 2.45) is 0 Å². The van der Waals surface area contributed by atoms with Crippen LogP contribution in [0, 0.1) is 0 Å². The van der Waals surface area contributed by atoms with Gasteiger partial charge in [0.25, 0.3) is 0 Å². The predicted molar refractivity (Wildman–Crippen MR) is 107 cm³/mol. The second-order valence-corrected chi connectivity index (χ2v) is 6.48. The van der Waals surface area contributed by atoms with E-state index < -0.39 is 18.0 Å². The SMILES string of the molecule is CCOc1cc([C@H]2NC(=O)NC(c3ccccc3)=C2C(C)=O)ccc1OC(C)=O. The van der Waals surface area contributed by atoms with Crippen LogP contribution in [0.3, 0.4) is 0 Å². The lowest BCUT2D eigenvalue weighted by atomic mass is 9.90. The molecule has 0 radical (unpaired) electrons. The highest BCUT2D eigenvalue weighted by atomic mass is 16.6. The highest BCUT2D eigenvalue weighted by molar-refractivity contribution is 6.07. The van der Waals surface area contributed by atoms with Crippen LogP contribution >= 0.6 is 0 Å². The van der Waals surface area contributed by atoms with Crippen LogP contribution in [0.1, 0.15) is 37.9 Å². The van der Waals surface area contributed by atoms with Crippen LogP contribution in [0.25, 0.3) is 5.70 Å². The molecule has 0 fully saturated rings. The number of nitrogens with one attached hydrogen (secondary N) is 2. The lowest BCUT2D eigenvalue weighted by Crippen LogP contribution is -2.44. The van der Waals surface area contributed by atoms with Gasteiger partial charge >= 0.3 is 12.0 Å². The number of hydrogen-bond donors (Lipinski definition) is 2. The second-order valence-electron chi connectivity index (χ2n) is 6.48. The number of rotatable bonds is 6. The number of urea groups is 1. The van der Waals surface area contributed by atoms with Crippen molar-refractivity contribution in [3.05, 3.63) is 65.2 Å². The van der Waals surface area contributed by atoms with E-state index in [1.54, 1.807) is 18.2 Å². The van der Waals surface area contributed by atoms with Crippen LogP contribution in [0.2, 0.25) is 0 Å². The molecule has 2 N–H and O–H groups in total. The Bertz CT molecular complexity index is 982. The molecule has 7 nitrogen and oxygen atoms in total. The normalized spacial score (nSPS) is 16.0. The number of amides is 2. The Kier molecular flexibility index (Phi) is 5.97. The van der Waals surface area contributed by atoms with E-state index in [2.05, 4.69) is 10.6 Å². The van der Waals surface area contributed by atoms with Crippen molar-refractivity contribution in [3.63, 3.8) is 0 Å². The minimum Gasteiger partial charge on any atom is -0.490 e. The summed E-state index contributed by atoms with van der Waals surface area (Å²) in [6, 6.07) is 13.1. The molecule has 150 valence electrons. The second kappa shape index (κ2) is 8.60. The average Bonchev–Trinajstić information content (AvgIpc) is 2.69. The van der Waals surface area contributed by atoms with Crippen LogP contribution in [0.15, 0.2) is 54.1 Å².